The molecule has 0 amide bonds. The van der Waals surface area contributed by atoms with Crippen molar-refractivity contribution in [2.75, 3.05) is 13.1 Å². The van der Waals surface area contributed by atoms with Crippen molar-refractivity contribution in [2.24, 2.45) is 5.41 Å². The lowest BCUT2D eigenvalue weighted by Crippen LogP contribution is -2.51. The molecule has 18 heavy (non-hydrogen) atoms. The van der Waals surface area contributed by atoms with Gasteiger partial charge in [0.05, 0.1) is 0 Å². The number of nitrogens with one attached hydrogen (secondary N) is 1. The fourth-order valence-corrected chi connectivity index (χ4v) is 3.73. The standard InChI is InChI=1S/C17H25N/c1-12(2)14-5-4-13(3)16(8-14)15-6-7-17(9-15)10-18-11-17/h4-5,8,12,15,18H,6-7,9-11H2,1-3H3. The topological polar surface area (TPSA) is 12.0 Å². The maximum Gasteiger partial charge on any atom is 0.00204 e. The fourth-order valence-electron chi connectivity index (χ4n) is 3.73. The smallest absolute Gasteiger partial charge is 0.00204 e. The molecular weight excluding hydrogens is 218 g/mol. The molecule has 1 aliphatic carbocycles. The zero-order valence-electron chi connectivity index (χ0n) is 11.9. The lowest BCUT2D eigenvalue weighted by atomic mass is 9.78. The summed E-state index contributed by atoms with van der Waals surface area (Å²) in [4.78, 5) is 0. The van der Waals surface area contributed by atoms with Crippen LogP contribution in [0.25, 0.3) is 0 Å². The molecule has 1 unspecified atom stereocenters. The molecule has 0 radical (unpaired) electrons. The Hall–Kier alpha value is -0.820. The molecule has 1 aromatic carbocycles. The summed E-state index contributed by atoms with van der Waals surface area (Å²) in [7, 11) is 0. The van der Waals surface area contributed by atoms with E-state index in [2.05, 4.69) is 44.3 Å². The van der Waals surface area contributed by atoms with E-state index in [-0.39, 0.29) is 0 Å². The highest BCUT2D eigenvalue weighted by Gasteiger charge is 2.44. The SMILES string of the molecule is Cc1ccc(C(C)C)cc1C1CCC2(CNC2)C1. The van der Waals surface area contributed by atoms with Gasteiger partial charge in [-0.1, -0.05) is 32.0 Å². The van der Waals surface area contributed by atoms with Crippen molar-refractivity contribution in [3.63, 3.8) is 0 Å². The van der Waals surface area contributed by atoms with Crippen molar-refractivity contribution in [2.45, 2.75) is 51.9 Å². The molecule has 1 saturated carbocycles. The van der Waals surface area contributed by atoms with E-state index < -0.39 is 0 Å². The van der Waals surface area contributed by atoms with Gasteiger partial charge in [0.2, 0.25) is 0 Å². The zero-order chi connectivity index (χ0) is 12.8. The summed E-state index contributed by atoms with van der Waals surface area (Å²) in [5.74, 6) is 1.45. The minimum absolute atomic E-state index is 0.644. The Bertz CT molecular complexity index is 443. The normalized spacial score (nSPS) is 25.7. The Kier molecular flexibility index (Phi) is 2.97. The van der Waals surface area contributed by atoms with Crippen LogP contribution in [-0.4, -0.2) is 13.1 Å². The molecule has 2 fully saturated rings. The first-order valence-corrected chi connectivity index (χ1v) is 7.41. The van der Waals surface area contributed by atoms with Crippen LogP contribution in [0.15, 0.2) is 18.2 Å². The van der Waals surface area contributed by atoms with E-state index in [4.69, 9.17) is 0 Å². The van der Waals surface area contributed by atoms with Crippen LogP contribution >= 0.6 is 0 Å². The highest BCUT2D eigenvalue weighted by atomic mass is 15.0. The van der Waals surface area contributed by atoms with Gasteiger partial charge in [-0.05, 0) is 60.1 Å². The molecular formula is C17H25N. The van der Waals surface area contributed by atoms with Gasteiger partial charge in [0.15, 0.2) is 0 Å². The third-order valence-corrected chi connectivity index (χ3v) is 5.11. The molecule has 1 nitrogen and oxygen atoms in total. The van der Waals surface area contributed by atoms with Crippen molar-refractivity contribution in [1.82, 2.24) is 5.32 Å². The molecule has 2 aliphatic rings. The van der Waals surface area contributed by atoms with Crippen molar-refractivity contribution in [1.29, 1.82) is 0 Å². The van der Waals surface area contributed by atoms with Gasteiger partial charge in [-0.15, -0.1) is 0 Å². The van der Waals surface area contributed by atoms with Gasteiger partial charge >= 0.3 is 0 Å². The third-order valence-electron chi connectivity index (χ3n) is 5.11. The number of benzene rings is 1. The molecule has 0 bridgehead atoms. The average molecular weight is 243 g/mol. The van der Waals surface area contributed by atoms with E-state index in [0.29, 0.717) is 11.3 Å². The van der Waals surface area contributed by atoms with E-state index in [1.54, 1.807) is 5.56 Å². The maximum absolute atomic E-state index is 3.46. The largest absolute Gasteiger partial charge is 0.316 e. The van der Waals surface area contributed by atoms with Crippen molar-refractivity contribution < 1.29 is 0 Å². The van der Waals surface area contributed by atoms with E-state index >= 15 is 0 Å². The predicted molar refractivity (Wildman–Crippen MR) is 77.2 cm³/mol. The van der Waals surface area contributed by atoms with Crippen LogP contribution in [0.5, 0.6) is 0 Å². The van der Waals surface area contributed by atoms with Crippen LogP contribution < -0.4 is 5.32 Å². The fraction of sp³-hybridized carbons (Fsp3) is 0.647. The van der Waals surface area contributed by atoms with Crippen LogP contribution in [0, 0.1) is 12.3 Å². The molecule has 1 saturated heterocycles. The molecule has 1 aromatic rings. The monoisotopic (exact) mass is 243 g/mol. The van der Waals surface area contributed by atoms with Crippen LogP contribution in [0.2, 0.25) is 0 Å². The highest BCUT2D eigenvalue weighted by molar-refractivity contribution is 5.36. The molecule has 1 N–H and O–H groups in total. The number of hydrogen-bond acceptors (Lipinski definition) is 1. The molecule has 98 valence electrons. The first kappa shape index (κ1) is 12.2. The van der Waals surface area contributed by atoms with Gasteiger partial charge in [-0.25, -0.2) is 0 Å². The second-order valence-corrected chi connectivity index (χ2v) is 6.81. The minimum Gasteiger partial charge on any atom is -0.316 e. The Balaban J connectivity index is 1.85. The molecule has 1 heterocycles. The van der Waals surface area contributed by atoms with E-state index in [1.165, 1.54) is 43.5 Å². The molecule has 3 rings (SSSR count). The summed E-state index contributed by atoms with van der Waals surface area (Å²) >= 11 is 0. The first-order valence-electron chi connectivity index (χ1n) is 7.41. The summed E-state index contributed by atoms with van der Waals surface area (Å²) in [6.45, 7) is 9.38. The predicted octanol–water partition coefficient (Wildman–Crippen LogP) is 3.98. The Labute approximate surface area is 111 Å². The Morgan fingerprint density at radius 1 is 1.28 bits per heavy atom. The second kappa shape index (κ2) is 4.38. The quantitative estimate of drug-likeness (QED) is 0.828. The van der Waals surface area contributed by atoms with Crippen LogP contribution in [0.3, 0.4) is 0 Å². The molecule has 1 atom stereocenters. The van der Waals surface area contributed by atoms with Crippen LogP contribution in [0.4, 0.5) is 0 Å². The Morgan fingerprint density at radius 3 is 2.61 bits per heavy atom. The minimum atomic E-state index is 0.644. The van der Waals surface area contributed by atoms with E-state index in [0.717, 1.165) is 5.92 Å². The summed E-state index contributed by atoms with van der Waals surface area (Å²) < 4.78 is 0. The molecule has 1 aliphatic heterocycles. The lowest BCUT2D eigenvalue weighted by molar-refractivity contribution is 0.175. The maximum atomic E-state index is 3.46. The second-order valence-electron chi connectivity index (χ2n) is 6.81. The number of aryl methyl sites for hydroxylation is 1. The van der Waals surface area contributed by atoms with Gasteiger partial charge in [0.1, 0.15) is 0 Å². The van der Waals surface area contributed by atoms with Crippen molar-refractivity contribution in [3.8, 4) is 0 Å². The Morgan fingerprint density at radius 2 is 2.06 bits per heavy atom. The summed E-state index contributed by atoms with van der Waals surface area (Å²) in [6.07, 6.45) is 4.22. The first-order chi connectivity index (χ1) is 8.60. The third kappa shape index (κ3) is 1.99. The summed E-state index contributed by atoms with van der Waals surface area (Å²) in [6, 6.07) is 7.11. The summed E-state index contributed by atoms with van der Waals surface area (Å²) in [5.41, 5.74) is 5.28. The highest BCUT2D eigenvalue weighted by Crippen LogP contribution is 2.49. The molecule has 1 spiro atoms. The van der Waals surface area contributed by atoms with Gasteiger partial charge < -0.3 is 5.32 Å². The summed E-state index contributed by atoms with van der Waals surface area (Å²) in [5, 5.41) is 3.46. The lowest BCUT2D eigenvalue weighted by Gasteiger charge is -2.39. The van der Waals surface area contributed by atoms with Crippen molar-refractivity contribution in [3.05, 3.63) is 34.9 Å². The van der Waals surface area contributed by atoms with Gasteiger partial charge in [0.25, 0.3) is 0 Å². The molecule has 1 heteroatoms. The van der Waals surface area contributed by atoms with Crippen LogP contribution in [0.1, 0.15) is 61.6 Å². The number of hydrogen-bond donors (Lipinski definition) is 1. The van der Waals surface area contributed by atoms with Crippen LogP contribution in [-0.2, 0) is 0 Å². The van der Waals surface area contributed by atoms with E-state index in [1.807, 2.05) is 0 Å². The average Bonchev–Trinajstić information content (AvgIpc) is 2.74. The van der Waals surface area contributed by atoms with Gasteiger partial charge in [-0.2, -0.15) is 0 Å². The van der Waals surface area contributed by atoms with E-state index in [9.17, 15) is 0 Å². The van der Waals surface area contributed by atoms with Gasteiger partial charge in [0, 0.05) is 13.1 Å². The molecule has 0 aromatic heterocycles. The number of rotatable bonds is 2. The zero-order valence-corrected chi connectivity index (χ0v) is 11.9. The van der Waals surface area contributed by atoms with Crippen molar-refractivity contribution >= 4 is 0 Å². The van der Waals surface area contributed by atoms with Gasteiger partial charge in [-0.3, -0.25) is 0 Å².